The zero-order valence-electron chi connectivity index (χ0n) is 7.10. The normalized spacial score (nSPS) is 40.9. The van der Waals surface area contributed by atoms with Crippen LogP contribution in [0.15, 0.2) is 0 Å². The maximum Gasteiger partial charge on any atom is 0.00106 e. The van der Waals surface area contributed by atoms with Gasteiger partial charge in [-0.25, -0.2) is 0 Å². The first-order valence-corrected chi connectivity index (χ1v) is 5.11. The Morgan fingerprint density at radius 3 is 2.55 bits per heavy atom. The molecule has 1 atom stereocenters. The average molecular weight is 151 g/mol. The van der Waals surface area contributed by atoms with Crippen LogP contribution in [0, 0.1) is 17.3 Å². The standard InChI is InChI=1S/C10H17N/c1-2-8(1)9-3-6-11-7-10(9)4-5-10/h8-9,11H,1-7H2. The van der Waals surface area contributed by atoms with Gasteiger partial charge in [-0.3, -0.25) is 0 Å². The van der Waals surface area contributed by atoms with Crippen molar-refractivity contribution in [2.75, 3.05) is 13.1 Å². The Balaban J connectivity index is 1.77. The van der Waals surface area contributed by atoms with Gasteiger partial charge < -0.3 is 5.32 Å². The second kappa shape index (κ2) is 2.01. The quantitative estimate of drug-likeness (QED) is 0.602. The van der Waals surface area contributed by atoms with Gasteiger partial charge >= 0.3 is 0 Å². The van der Waals surface area contributed by atoms with E-state index in [2.05, 4.69) is 5.32 Å². The van der Waals surface area contributed by atoms with E-state index in [1.807, 2.05) is 0 Å². The summed E-state index contributed by atoms with van der Waals surface area (Å²) in [6, 6.07) is 0. The Labute approximate surface area is 68.6 Å². The predicted octanol–water partition coefficient (Wildman–Crippen LogP) is 1.79. The molecule has 0 aromatic heterocycles. The molecule has 1 aliphatic heterocycles. The van der Waals surface area contributed by atoms with E-state index in [9.17, 15) is 0 Å². The highest BCUT2D eigenvalue weighted by Crippen LogP contribution is 2.60. The Bertz CT molecular complexity index is 168. The first kappa shape index (κ1) is 6.47. The van der Waals surface area contributed by atoms with Crippen LogP contribution in [-0.4, -0.2) is 13.1 Å². The Morgan fingerprint density at radius 1 is 1.09 bits per heavy atom. The van der Waals surface area contributed by atoms with Gasteiger partial charge in [-0.1, -0.05) is 0 Å². The SMILES string of the molecule is C1CC(C2CC2)C2(CC2)CN1. The fraction of sp³-hybridized carbons (Fsp3) is 1.00. The summed E-state index contributed by atoms with van der Waals surface area (Å²) < 4.78 is 0. The van der Waals surface area contributed by atoms with Crippen LogP contribution >= 0.6 is 0 Å². The molecule has 3 aliphatic rings. The van der Waals surface area contributed by atoms with Crippen molar-refractivity contribution in [3.8, 4) is 0 Å². The molecule has 3 rings (SSSR count). The van der Waals surface area contributed by atoms with E-state index in [0.29, 0.717) is 0 Å². The molecule has 0 amide bonds. The van der Waals surface area contributed by atoms with Gasteiger partial charge in [-0.2, -0.15) is 0 Å². The molecule has 2 saturated carbocycles. The van der Waals surface area contributed by atoms with Crippen LogP contribution in [0.3, 0.4) is 0 Å². The number of nitrogens with one attached hydrogen (secondary N) is 1. The van der Waals surface area contributed by atoms with Crippen molar-refractivity contribution in [2.45, 2.75) is 32.1 Å². The van der Waals surface area contributed by atoms with Crippen LogP contribution in [0.2, 0.25) is 0 Å². The van der Waals surface area contributed by atoms with Crippen LogP contribution in [0.4, 0.5) is 0 Å². The maximum atomic E-state index is 3.55. The lowest BCUT2D eigenvalue weighted by Gasteiger charge is -2.32. The third-order valence-electron chi connectivity index (χ3n) is 3.98. The summed E-state index contributed by atoms with van der Waals surface area (Å²) in [5.74, 6) is 2.28. The third-order valence-corrected chi connectivity index (χ3v) is 3.98. The Morgan fingerprint density at radius 2 is 1.91 bits per heavy atom. The second-order valence-corrected chi connectivity index (χ2v) is 4.77. The van der Waals surface area contributed by atoms with Crippen molar-refractivity contribution in [1.29, 1.82) is 0 Å². The number of piperidine rings is 1. The molecule has 1 N–H and O–H groups in total. The van der Waals surface area contributed by atoms with Gasteiger partial charge in [0.05, 0.1) is 0 Å². The van der Waals surface area contributed by atoms with E-state index in [-0.39, 0.29) is 0 Å². The molecule has 1 nitrogen and oxygen atoms in total. The largest absolute Gasteiger partial charge is 0.316 e. The Kier molecular flexibility index (Phi) is 1.18. The molecule has 1 unspecified atom stereocenters. The molecule has 1 heteroatoms. The maximum absolute atomic E-state index is 3.55. The predicted molar refractivity (Wildman–Crippen MR) is 45.4 cm³/mol. The summed E-state index contributed by atoms with van der Waals surface area (Å²) in [6.45, 7) is 2.64. The molecule has 1 spiro atoms. The molecular weight excluding hydrogens is 134 g/mol. The fourth-order valence-corrected chi connectivity index (χ4v) is 2.97. The number of hydrogen-bond acceptors (Lipinski definition) is 1. The molecule has 2 aliphatic carbocycles. The smallest absolute Gasteiger partial charge is 0.00106 e. The van der Waals surface area contributed by atoms with Crippen molar-refractivity contribution in [1.82, 2.24) is 5.32 Å². The van der Waals surface area contributed by atoms with Gasteiger partial charge in [-0.05, 0) is 55.9 Å². The lowest BCUT2D eigenvalue weighted by molar-refractivity contribution is 0.204. The summed E-state index contributed by atoms with van der Waals surface area (Å²) >= 11 is 0. The molecule has 3 fully saturated rings. The monoisotopic (exact) mass is 151 g/mol. The van der Waals surface area contributed by atoms with E-state index in [1.54, 1.807) is 12.8 Å². The summed E-state index contributed by atoms with van der Waals surface area (Å²) in [4.78, 5) is 0. The molecule has 11 heavy (non-hydrogen) atoms. The number of rotatable bonds is 1. The third kappa shape index (κ3) is 0.936. The first-order chi connectivity index (χ1) is 5.41. The van der Waals surface area contributed by atoms with E-state index in [4.69, 9.17) is 0 Å². The van der Waals surface area contributed by atoms with E-state index >= 15 is 0 Å². The molecule has 1 saturated heterocycles. The van der Waals surface area contributed by atoms with Crippen LogP contribution in [-0.2, 0) is 0 Å². The van der Waals surface area contributed by atoms with Crippen LogP contribution in [0.1, 0.15) is 32.1 Å². The highest BCUT2D eigenvalue weighted by atomic mass is 14.9. The summed E-state index contributed by atoms with van der Waals surface area (Å²) in [6.07, 6.45) is 7.63. The summed E-state index contributed by atoms with van der Waals surface area (Å²) in [5.41, 5.74) is 0.819. The van der Waals surface area contributed by atoms with Gasteiger partial charge in [0.2, 0.25) is 0 Å². The lowest BCUT2D eigenvalue weighted by atomic mass is 9.80. The number of hydrogen-bond donors (Lipinski definition) is 1. The molecule has 0 aromatic carbocycles. The topological polar surface area (TPSA) is 12.0 Å². The van der Waals surface area contributed by atoms with Gasteiger partial charge in [-0.15, -0.1) is 0 Å². The summed E-state index contributed by atoms with van der Waals surface area (Å²) in [5, 5.41) is 3.55. The second-order valence-electron chi connectivity index (χ2n) is 4.77. The van der Waals surface area contributed by atoms with Crippen LogP contribution in [0.5, 0.6) is 0 Å². The van der Waals surface area contributed by atoms with Crippen molar-refractivity contribution in [3.05, 3.63) is 0 Å². The van der Waals surface area contributed by atoms with E-state index in [1.165, 1.54) is 32.4 Å². The highest BCUT2D eigenvalue weighted by molar-refractivity contribution is 5.06. The van der Waals surface area contributed by atoms with Crippen LogP contribution < -0.4 is 5.32 Å². The molecule has 1 heterocycles. The van der Waals surface area contributed by atoms with E-state index in [0.717, 1.165) is 17.3 Å². The zero-order valence-corrected chi connectivity index (χ0v) is 7.10. The zero-order chi connectivity index (χ0) is 7.31. The van der Waals surface area contributed by atoms with Crippen LogP contribution in [0.25, 0.3) is 0 Å². The summed E-state index contributed by atoms with van der Waals surface area (Å²) in [7, 11) is 0. The van der Waals surface area contributed by atoms with Crippen molar-refractivity contribution in [3.63, 3.8) is 0 Å². The van der Waals surface area contributed by atoms with Crippen molar-refractivity contribution < 1.29 is 0 Å². The minimum Gasteiger partial charge on any atom is -0.316 e. The molecular formula is C10H17N. The van der Waals surface area contributed by atoms with Crippen molar-refractivity contribution in [2.24, 2.45) is 17.3 Å². The average Bonchev–Trinajstić information content (AvgIpc) is 2.85. The molecule has 0 radical (unpaired) electrons. The van der Waals surface area contributed by atoms with Gasteiger partial charge in [0, 0.05) is 6.54 Å². The van der Waals surface area contributed by atoms with Gasteiger partial charge in [0.1, 0.15) is 0 Å². The minimum absolute atomic E-state index is 0.819. The van der Waals surface area contributed by atoms with Crippen molar-refractivity contribution >= 4 is 0 Å². The Hall–Kier alpha value is -0.0400. The minimum atomic E-state index is 0.819. The highest BCUT2D eigenvalue weighted by Gasteiger charge is 2.54. The lowest BCUT2D eigenvalue weighted by Crippen LogP contribution is -2.38. The molecule has 0 aromatic rings. The van der Waals surface area contributed by atoms with Gasteiger partial charge in [0.25, 0.3) is 0 Å². The molecule has 62 valence electrons. The van der Waals surface area contributed by atoms with E-state index < -0.39 is 0 Å². The van der Waals surface area contributed by atoms with Gasteiger partial charge in [0.15, 0.2) is 0 Å². The molecule has 0 bridgehead atoms. The fourth-order valence-electron chi connectivity index (χ4n) is 2.97. The first-order valence-electron chi connectivity index (χ1n) is 5.11.